The lowest BCUT2D eigenvalue weighted by Crippen LogP contribution is -2.36. The Kier molecular flexibility index (Phi) is 3.44. The van der Waals surface area contributed by atoms with Crippen LogP contribution in [-0.4, -0.2) is 31.2 Å². The van der Waals surface area contributed by atoms with Crippen LogP contribution in [0.4, 0.5) is 15.8 Å². The number of halogens is 2. The normalized spacial score (nSPS) is 16.0. The van der Waals surface area contributed by atoms with Crippen LogP contribution in [0.2, 0.25) is 5.02 Å². The second kappa shape index (κ2) is 4.85. The van der Waals surface area contributed by atoms with Gasteiger partial charge in [0, 0.05) is 13.1 Å². The molecule has 17 heavy (non-hydrogen) atoms. The van der Waals surface area contributed by atoms with Crippen molar-refractivity contribution >= 4 is 23.0 Å². The van der Waals surface area contributed by atoms with Gasteiger partial charge in [0.25, 0.3) is 5.69 Å². The molecule has 5 nitrogen and oxygen atoms in total. The van der Waals surface area contributed by atoms with E-state index in [1.165, 1.54) is 6.07 Å². The zero-order chi connectivity index (χ0) is 12.4. The zero-order valence-corrected chi connectivity index (χ0v) is 9.61. The first-order valence-corrected chi connectivity index (χ1v) is 5.43. The van der Waals surface area contributed by atoms with Gasteiger partial charge in [0.15, 0.2) is 0 Å². The van der Waals surface area contributed by atoms with Crippen LogP contribution in [0, 0.1) is 15.9 Å². The summed E-state index contributed by atoms with van der Waals surface area (Å²) in [5.41, 5.74) is 0.0681. The first-order valence-electron chi connectivity index (χ1n) is 5.05. The van der Waals surface area contributed by atoms with Gasteiger partial charge in [0.05, 0.1) is 29.2 Å². The fourth-order valence-electron chi connectivity index (χ4n) is 1.73. The SMILES string of the molecule is O=[N+]([O-])c1cc(F)c(Cl)cc1N1CCOCC1. The van der Waals surface area contributed by atoms with Crippen LogP contribution >= 0.6 is 11.6 Å². The van der Waals surface area contributed by atoms with Gasteiger partial charge in [-0.3, -0.25) is 10.1 Å². The van der Waals surface area contributed by atoms with Gasteiger partial charge in [-0.1, -0.05) is 11.6 Å². The van der Waals surface area contributed by atoms with E-state index in [1.807, 2.05) is 0 Å². The Labute approximate surface area is 102 Å². The molecule has 0 bridgehead atoms. The molecule has 2 rings (SSSR count). The smallest absolute Gasteiger partial charge is 0.295 e. The summed E-state index contributed by atoms with van der Waals surface area (Å²) in [6, 6.07) is 2.15. The maximum atomic E-state index is 13.2. The molecule has 1 aromatic carbocycles. The van der Waals surface area contributed by atoms with Crippen molar-refractivity contribution in [2.75, 3.05) is 31.2 Å². The van der Waals surface area contributed by atoms with Crippen LogP contribution < -0.4 is 4.90 Å². The largest absolute Gasteiger partial charge is 0.378 e. The molecule has 0 amide bonds. The minimum absolute atomic E-state index is 0.114. The Morgan fingerprint density at radius 3 is 2.65 bits per heavy atom. The summed E-state index contributed by atoms with van der Waals surface area (Å²) in [6.45, 7) is 2.05. The molecule has 92 valence electrons. The molecule has 1 aliphatic rings. The molecule has 1 aromatic rings. The number of benzene rings is 1. The van der Waals surface area contributed by atoms with Crippen molar-refractivity contribution < 1.29 is 14.1 Å². The molecule has 0 N–H and O–H groups in total. The molecule has 1 aliphatic heterocycles. The van der Waals surface area contributed by atoms with E-state index >= 15 is 0 Å². The van der Waals surface area contributed by atoms with Gasteiger partial charge in [-0.05, 0) is 6.07 Å². The third-order valence-electron chi connectivity index (χ3n) is 2.57. The Morgan fingerprint density at radius 2 is 2.06 bits per heavy atom. The van der Waals surface area contributed by atoms with Gasteiger partial charge >= 0.3 is 0 Å². The Morgan fingerprint density at radius 1 is 1.41 bits per heavy atom. The molecular weight excluding hydrogens is 251 g/mol. The predicted octanol–water partition coefficient (Wildman–Crippen LogP) is 2.22. The number of hydrogen-bond acceptors (Lipinski definition) is 4. The fraction of sp³-hybridized carbons (Fsp3) is 0.400. The van der Waals surface area contributed by atoms with Crippen molar-refractivity contribution in [2.45, 2.75) is 0 Å². The summed E-state index contributed by atoms with van der Waals surface area (Å²) >= 11 is 5.65. The van der Waals surface area contributed by atoms with Gasteiger partial charge in [-0.2, -0.15) is 0 Å². The number of morpholine rings is 1. The highest BCUT2D eigenvalue weighted by Crippen LogP contribution is 2.33. The number of hydrogen-bond donors (Lipinski definition) is 0. The second-order valence-electron chi connectivity index (χ2n) is 3.61. The first-order chi connectivity index (χ1) is 8.09. The molecule has 0 atom stereocenters. The number of nitro groups is 1. The molecule has 0 unspecified atom stereocenters. The lowest BCUT2D eigenvalue weighted by Gasteiger charge is -2.28. The average molecular weight is 261 g/mol. The molecular formula is C10H10ClFN2O3. The van der Waals surface area contributed by atoms with Crippen molar-refractivity contribution in [3.63, 3.8) is 0 Å². The van der Waals surface area contributed by atoms with Gasteiger partial charge in [0.1, 0.15) is 11.5 Å². The van der Waals surface area contributed by atoms with Crippen LogP contribution in [-0.2, 0) is 4.74 Å². The van der Waals surface area contributed by atoms with Gasteiger partial charge in [-0.25, -0.2) is 4.39 Å². The lowest BCUT2D eigenvalue weighted by molar-refractivity contribution is -0.384. The Balaban J connectivity index is 2.42. The number of nitrogens with zero attached hydrogens (tertiary/aromatic N) is 2. The summed E-state index contributed by atoms with van der Waals surface area (Å²) < 4.78 is 18.4. The number of rotatable bonds is 2. The van der Waals surface area contributed by atoms with Gasteiger partial charge in [-0.15, -0.1) is 0 Å². The highest BCUT2D eigenvalue weighted by atomic mass is 35.5. The van der Waals surface area contributed by atoms with Crippen LogP contribution in [0.3, 0.4) is 0 Å². The minimum Gasteiger partial charge on any atom is -0.378 e. The minimum atomic E-state index is -0.782. The highest BCUT2D eigenvalue weighted by molar-refractivity contribution is 6.31. The van der Waals surface area contributed by atoms with E-state index in [1.54, 1.807) is 4.90 Å². The van der Waals surface area contributed by atoms with E-state index in [0.717, 1.165) is 6.07 Å². The van der Waals surface area contributed by atoms with E-state index in [0.29, 0.717) is 32.0 Å². The van der Waals surface area contributed by atoms with Crippen molar-refractivity contribution in [2.24, 2.45) is 0 Å². The molecule has 0 aromatic heterocycles. The fourth-order valence-corrected chi connectivity index (χ4v) is 1.89. The number of anilines is 1. The van der Waals surface area contributed by atoms with Crippen LogP contribution in [0.25, 0.3) is 0 Å². The first kappa shape index (κ1) is 12.1. The molecule has 1 fully saturated rings. The number of nitro benzene ring substituents is 1. The standard InChI is InChI=1S/C10H10ClFN2O3/c11-7-5-9(13-1-3-17-4-2-13)10(14(15)16)6-8(7)12/h5-6H,1-4H2. The zero-order valence-electron chi connectivity index (χ0n) is 8.86. The summed E-state index contributed by atoms with van der Waals surface area (Å²) in [7, 11) is 0. The molecule has 1 saturated heterocycles. The highest BCUT2D eigenvalue weighted by Gasteiger charge is 2.23. The van der Waals surface area contributed by atoms with Crippen molar-refractivity contribution in [1.82, 2.24) is 0 Å². The molecule has 0 spiro atoms. The number of ether oxygens (including phenoxy) is 1. The Hall–Kier alpha value is -1.40. The van der Waals surface area contributed by atoms with Crippen LogP contribution in [0.5, 0.6) is 0 Å². The van der Waals surface area contributed by atoms with Gasteiger partial charge in [0.2, 0.25) is 0 Å². The average Bonchev–Trinajstić information content (AvgIpc) is 2.33. The molecule has 0 radical (unpaired) electrons. The molecule has 0 saturated carbocycles. The molecule has 0 aliphatic carbocycles. The summed E-state index contributed by atoms with van der Waals surface area (Å²) in [4.78, 5) is 12.0. The van der Waals surface area contributed by atoms with E-state index < -0.39 is 10.7 Å². The summed E-state index contributed by atoms with van der Waals surface area (Å²) in [6.07, 6.45) is 0. The van der Waals surface area contributed by atoms with Gasteiger partial charge < -0.3 is 9.64 Å². The third-order valence-corrected chi connectivity index (χ3v) is 2.86. The van der Waals surface area contributed by atoms with Crippen molar-refractivity contribution in [3.8, 4) is 0 Å². The Bertz CT molecular complexity index is 449. The van der Waals surface area contributed by atoms with Crippen LogP contribution in [0.1, 0.15) is 0 Å². The van der Waals surface area contributed by atoms with E-state index in [2.05, 4.69) is 0 Å². The maximum absolute atomic E-state index is 13.2. The van der Waals surface area contributed by atoms with E-state index in [4.69, 9.17) is 16.3 Å². The monoisotopic (exact) mass is 260 g/mol. The van der Waals surface area contributed by atoms with Crippen molar-refractivity contribution in [1.29, 1.82) is 0 Å². The third kappa shape index (κ3) is 2.48. The van der Waals surface area contributed by atoms with Crippen LogP contribution in [0.15, 0.2) is 12.1 Å². The second-order valence-corrected chi connectivity index (χ2v) is 4.02. The van der Waals surface area contributed by atoms with Crippen molar-refractivity contribution in [3.05, 3.63) is 33.1 Å². The molecule has 7 heteroatoms. The summed E-state index contributed by atoms with van der Waals surface area (Å²) in [5.74, 6) is -0.782. The topological polar surface area (TPSA) is 55.6 Å². The quantitative estimate of drug-likeness (QED) is 0.604. The predicted molar refractivity (Wildman–Crippen MR) is 61.1 cm³/mol. The maximum Gasteiger partial charge on any atom is 0.295 e. The molecule has 1 heterocycles. The lowest BCUT2D eigenvalue weighted by atomic mass is 10.2. The van der Waals surface area contributed by atoms with E-state index in [-0.39, 0.29) is 10.7 Å². The summed E-state index contributed by atoms with van der Waals surface area (Å²) in [5, 5.41) is 10.8. The van der Waals surface area contributed by atoms with E-state index in [9.17, 15) is 14.5 Å².